The SMILES string of the molecule is [2H]N[C@@H](Cc1ccc(O)cc1)C(=O)N[C@@H](CCSC)C(=O)NCC(=O)N[C@@H](CC1CCCCC1)C(=O)NCCCCCC(=O)OC. The first-order valence-electron chi connectivity index (χ1n) is 16.3. The number of phenols is 1. The number of thioether (sulfide) groups is 1. The Bertz CT molecular complexity index is 1100. The zero-order chi connectivity index (χ0) is 33.7. The largest absolute Gasteiger partial charge is 0.508 e. The molecule has 4 amide bonds. The van der Waals surface area contributed by atoms with E-state index in [9.17, 15) is 29.1 Å². The minimum atomic E-state index is -0.940. The van der Waals surface area contributed by atoms with Crippen molar-refractivity contribution in [3.8, 4) is 5.75 Å². The van der Waals surface area contributed by atoms with Crippen LogP contribution < -0.4 is 27.0 Å². The normalized spacial score (nSPS) is 15.6. The first-order valence-corrected chi connectivity index (χ1v) is 17.2. The second-order valence-electron chi connectivity index (χ2n) is 11.5. The molecule has 12 nitrogen and oxygen atoms in total. The predicted octanol–water partition coefficient (Wildman–Crippen LogP) is 1.92. The van der Waals surface area contributed by atoms with E-state index in [2.05, 4.69) is 31.7 Å². The molecule has 252 valence electrons. The number of ether oxygens (including phenoxy) is 1. The number of carbonyl (C=O) groups excluding carboxylic acids is 5. The van der Waals surface area contributed by atoms with Crippen LogP contribution in [0, 0.1) is 5.92 Å². The molecular weight excluding hydrogens is 598 g/mol. The molecule has 1 aromatic rings. The average molecular weight is 651 g/mol. The Hall–Kier alpha value is -3.32. The van der Waals surface area contributed by atoms with Crippen LogP contribution in [-0.2, 0) is 35.1 Å². The summed E-state index contributed by atoms with van der Waals surface area (Å²) in [5.74, 6) is -1.12. The van der Waals surface area contributed by atoms with Crippen LogP contribution in [0.3, 0.4) is 0 Å². The molecule has 0 unspecified atom stereocenters. The van der Waals surface area contributed by atoms with Crippen LogP contribution in [0.1, 0.15) is 76.2 Å². The highest BCUT2D eigenvalue weighted by Gasteiger charge is 2.27. The monoisotopic (exact) mass is 650 g/mol. The van der Waals surface area contributed by atoms with Gasteiger partial charge >= 0.3 is 5.97 Å². The lowest BCUT2D eigenvalue weighted by Gasteiger charge is -2.27. The van der Waals surface area contributed by atoms with E-state index in [4.69, 9.17) is 1.41 Å². The molecule has 0 radical (unpaired) electrons. The van der Waals surface area contributed by atoms with Gasteiger partial charge in [-0.05, 0) is 67.7 Å². The lowest BCUT2D eigenvalue weighted by molar-refractivity contribution is -0.140. The fraction of sp³-hybridized carbons (Fsp3) is 0.656. The fourth-order valence-corrected chi connectivity index (χ4v) is 5.74. The number of benzene rings is 1. The van der Waals surface area contributed by atoms with Gasteiger partial charge in [-0.15, -0.1) is 0 Å². The standard InChI is InChI=1S/C32H51N5O7S/c1-44-29(40)11-7-4-8-17-34-32(43)27(20-22-9-5-3-6-10-22)36-28(39)21-35-31(42)26(16-18-45-2)37-30(41)25(33)19-23-12-14-24(38)15-13-23/h12-15,22,25-27,38H,3-11,16-21,33H2,1-2H3,(H,34,43)(H,35,42)(H,36,39)(H,37,41)/t25-,26-,27-/m0/s1/i/hD. The van der Waals surface area contributed by atoms with Gasteiger partial charge in [-0.25, -0.2) is 0 Å². The van der Waals surface area contributed by atoms with Gasteiger partial charge in [0.05, 0.1) is 19.7 Å². The minimum Gasteiger partial charge on any atom is -0.508 e. The van der Waals surface area contributed by atoms with E-state index in [1.165, 1.54) is 37.4 Å². The average Bonchev–Trinajstić information content (AvgIpc) is 3.06. The van der Waals surface area contributed by atoms with Crippen LogP contribution in [0.2, 0.25) is 1.41 Å². The second kappa shape index (κ2) is 21.4. The van der Waals surface area contributed by atoms with Crippen molar-refractivity contribution in [1.29, 1.82) is 0 Å². The van der Waals surface area contributed by atoms with Crippen LogP contribution in [0.25, 0.3) is 0 Å². The molecule has 45 heavy (non-hydrogen) atoms. The van der Waals surface area contributed by atoms with Crippen molar-refractivity contribution in [2.24, 2.45) is 11.6 Å². The summed E-state index contributed by atoms with van der Waals surface area (Å²) < 4.78 is 12.3. The van der Waals surface area contributed by atoms with E-state index in [0.717, 1.165) is 37.7 Å². The highest BCUT2D eigenvalue weighted by Crippen LogP contribution is 2.27. The number of nitrogens with two attached hydrogens (primary N) is 1. The quantitative estimate of drug-likeness (QED) is 0.0853. The second-order valence-corrected chi connectivity index (χ2v) is 12.5. The van der Waals surface area contributed by atoms with Gasteiger partial charge in [0.2, 0.25) is 23.6 Å². The van der Waals surface area contributed by atoms with Gasteiger partial charge in [-0.2, -0.15) is 11.8 Å². The molecule has 1 aliphatic carbocycles. The third-order valence-electron chi connectivity index (χ3n) is 7.89. The van der Waals surface area contributed by atoms with Crippen molar-refractivity contribution < 1.29 is 35.2 Å². The Morgan fingerprint density at radius 3 is 2.36 bits per heavy atom. The number of nitrogens with one attached hydrogen (secondary N) is 4. The van der Waals surface area contributed by atoms with Crippen molar-refractivity contribution in [1.82, 2.24) is 21.3 Å². The van der Waals surface area contributed by atoms with Crippen molar-refractivity contribution >= 4 is 41.4 Å². The summed E-state index contributed by atoms with van der Waals surface area (Å²) in [6.45, 7) is 0.0611. The molecule has 0 spiro atoms. The number of carbonyl (C=O) groups is 5. The Labute approximate surface area is 272 Å². The molecule has 0 aliphatic heterocycles. The van der Waals surface area contributed by atoms with Crippen molar-refractivity contribution in [3.05, 3.63) is 29.8 Å². The molecule has 2 rings (SSSR count). The summed E-state index contributed by atoms with van der Waals surface area (Å²) >= 11 is 1.51. The number of amides is 4. The topological polar surface area (TPSA) is 189 Å². The number of phenolic OH excluding ortho intramolecular Hbond substituents is 1. The number of unbranched alkanes of at least 4 members (excludes halogenated alkanes) is 2. The summed E-state index contributed by atoms with van der Waals surface area (Å²) in [7, 11) is 1.35. The summed E-state index contributed by atoms with van der Waals surface area (Å²) in [6.07, 6.45) is 10.7. The van der Waals surface area contributed by atoms with Crippen molar-refractivity contribution in [2.45, 2.75) is 95.2 Å². The number of esters is 1. The molecule has 0 aromatic heterocycles. The molecule has 3 atom stereocenters. The van der Waals surface area contributed by atoms with Crippen molar-refractivity contribution in [2.75, 3.05) is 32.2 Å². The lowest BCUT2D eigenvalue weighted by Crippen LogP contribution is -2.54. The van der Waals surface area contributed by atoms with Gasteiger partial charge in [0.15, 0.2) is 0 Å². The summed E-state index contributed by atoms with van der Waals surface area (Å²) in [6, 6.07) is 3.69. The maximum absolute atomic E-state index is 13.1. The predicted molar refractivity (Wildman–Crippen MR) is 174 cm³/mol. The molecule has 0 bridgehead atoms. The number of aromatic hydroxyl groups is 1. The number of methoxy groups -OCH3 is 1. The molecule has 0 saturated heterocycles. The zero-order valence-corrected chi connectivity index (χ0v) is 27.3. The van der Waals surface area contributed by atoms with Crippen LogP contribution in [0.15, 0.2) is 24.3 Å². The van der Waals surface area contributed by atoms with Crippen LogP contribution in [0.4, 0.5) is 0 Å². The van der Waals surface area contributed by atoms with Gasteiger partial charge in [0.1, 0.15) is 19.2 Å². The molecule has 0 heterocycles. The third-order valence-corrected chi connectivity index (χ3v) is 8.53. The molecule has 1 aromatic carbocycles. The molecule has 13 heteroatoms. The minimum absolute atomic E-state index is 0.0893. The smallest absolute Gasteiger partial charge is 0.305 e. The van der Waals surface area contributed by atoms with Gasteiger partial charge in [-0.3, -0.25) is 24.0 Å². The third kappa shape index (κ3) is 15.5. The Morgan fingerprint density at radius 1 is 0.978 bits per heavy atom. The molecule has 1 aliphatic rings. The van der Waals surface area contributed by atoms with E-state index in [0.29, 0.717) is 50.3 Å². The van der Waals surface area contributed by atoms with E-state index >= 15 is 0 Å². The van der Waals surface area contributed by atoms with E-state index in [1.54, 1.807) is 12.1 Å². The molecule has 1 saturated carbocycles. The Balaban J connectivity index is 1.93. The van der Waals surface area contributed by atoms with Crippen LogP contribution in [0.5, 0.6) is 5.75 Å². The van der Waals surface area contributed by atoms with Gasteiger partial charge < -0.3 is 36.8 Å². The maximum atomic E-state index is 13.1. The zero-order valence-electron chi connectivity index (χ0n) is 27.5. The maximum Gasteiger partial charge on any atom is 0.305 e. The Kier molecular flexibility index (Phi) is 17.2. The van der Waals surface area contributed by atoms with Gasteiger partial charge in [0.25, 0.3) is 0 Å². The Morgan fingerprint density at radius 2 is 1.69 bits per heavy atom. The number of hydrogen-bond acceptors (Lipinski definition) is 9. The van der Waals surface area contributed by atoms with Crippen molar-refractivity contribution in [3.63, 3.8) is 0 Å². The highest BCUT2D eigenvalue weighted by molar-refractivity contribution is 7.98. The summed E-state index contributed by atoms with van der Waals surface area (Å²) in [5.41, 5.74) is 2.96. The van der Waals surface area contributed by atoms with E-state index < -0.39 is 35.8 Å². The first kappa shape index (κ1) is 36.2. The molecule has 1 fully saturated rings. The molecule has 7 N–H and O–H groups in total. The number of hydrogen-bond donors (Lipinski definition) is 6. The van der Waals surface area contributed by atoms with Gasteiger partial charge in [-0.1, -0.05) is 50.7 Å². The number of rotatable bonds is 21. The van der Waals surface area contributed by atoms with Crippen LogP contribution >= 0.6 is 11.8 Å². The lowest BCUT2D eigenvalue weighted by atomic mass is 9.84. The first-order chi connectivity index (χ1) is 22.2. The van der Waals surface area contributed by atoms with Gasteiger partial charge in [0, 0.05) is 13.0 Å². The molecular formula is C32H51N5O7S. The highest BCUT2D eigenvalue weighted by atomic mass is 32.2. The van der Waals surface area contributed by atoms with E-state index in [-0.39, 0.29) is 30.6 Å². The summed E-state index contributed by atoms with van der Waals surface area (Å²) in [5, 5.41) is 20.5. The summed E-state index contributed by atoms with van der Waals surface area (Å²) in [4.78, 5) is 63.4. The van der Waals surface area contributed by atoms with Crippen LogP contribution in [-0.4, -0.2) is 85.0 Å². The fourth-order valence-electron chi connectivity index (χ4n) is 5.27. The van der Waals surface area contributed by atoms with E-state index in [1.807, 2.05) is 6.26 Å².